The Hall–Kier alpha value is 0.260. The maximum absolute atomic E-state index is 11.2. The molecule has 0 rings (SSSR count). The second-order valence-corrected chi connectivity index (χ2v) is 7.77. The fourth-order valence-corrected chi connectivity index (χ4v) is 3.89. The maximum Gasteiger partial charge on any atom is 0.366 e. The summed E-state index contributed by atoms with van der Waals surface area (Å²) >= 11 is 0. The Kier molecular flexibility index (Phi) is 4.49. The van der Waals surface area contributed by atoms with Gasteiger partial charge in [0.2, 0.25) is 12.5 Å². The molecule has 0 spiro atoms. The van der Waals surface area contributed by atoms with Gasteiger partial charge in [0.25, 0.3) is 0 Å². The summed E-state index contributed by atoms with van der Waals surface area (Å²) in [5, 5.41) is 6.61. The SMILES string of the molecule is CP(=O)(O)C(O)(CCCN)P(=O)(O)O. The molecule has 0 aliphatic rings. The third kappa shape index (κ3) is 2.87. The molecule has 0 amide bonds. The molecule has 0 aromatic carbocycles. The fourth-order valence-electron chi connectivity index (χ4n) is 0.934. The van der Waals surface area contributed by atoms with Crippen molar-refractivity contribution >= 4 is 15.0 Å². The van der Waals surface area contributed by atoms with Crippen LogP contribution in [0.1, 0.15) is 12.8 Å². The highest BCUT2D eigenvalue weighted by atomic mass is 31.2. The molecule has 2 unspecified atom stereocenters. The topological polar surface area (TPSA) is 141 Å². The Bertz CT molecular complexity index is 258. The van der Waals surface area contributed by atoms with Crippen LogP contribution in [-0.4, -0.2) is 38.1 Å². The van der Waals surface area contributed by atoms with E-state index in [2.05, 4.69) is 0 Å². The van der Waals surface area contributed by atoms with Gasteiger partial charge in [-0.05, 0) is 19.4 Å². The summed E-state index contributed by atoms with van der Waals surface area (Å²) in [5.74, 6) is 0. The van der Waals surface area contributed by atoms with Crippen LogP contribution in [0.25, 0.3) is 0 Å². The van der Waals surface area contributed by atoms with Gasteiger partial charge in [-0.25, -0.2) is 0 Å². The Morgan fingerprint density at radius 1 is 1.29 bits per heavy atom. The van der Waals surface area contributed by atoms with E-state index in [1.54, 1.807) is 0 Å². The van der Waals surface area contributed by atoms with Gasteiger partial charge in [0.05, 0.1) is 0 Å². The number of nitrogens with two attached hydrogens (primary N) is 1. The monoisotopic (exact) mass is 247 g/mol. The first-order chi connectivity index (χ1) is 6.06. The Balaban J connectivity index is 5.08. The maximum atomic E-state index is 11.2. The molecule has 0 aromatic heterocycles. The molecule has 7 nitrogen and oxygen atoms in total. The van der Waals surface area contributed by atoms with E-state index >= 15 is 0 Å². The van der Waals surface area contributed by atoms with E-state index in [-0.39, 0.29) is 13.0 Å². The molecule has 0 aromatic rings. The van der Waals surface area contributed by atoms with Crippen molar-refractivity contribution in [2.45, 2.75) is 17.9 Å². The molecule has 0 radical (unpaired) electrons. The first-order valence-electron chi connectivity index (χ1n) is 3.84. The van der Waals surface area contributed by atoms with Crippen molar-refractivity contribution in [2.75, 3.05) is 13.2 Å². The average Bonchev–Trinajstić information content (AvgIpc) is 1.95. The minimum atomic E-state index is -5.05. The average molecular weight is 247 g/mol. The summed E-state index contributed by atoms with van der Waals surface area (Å²) in [7, 11) is -9.35. The van der Waals surface area contributed by atoms with E-state index < -0.39 is 26.5 Å². The van der Waals surface area contributed by atoms with Gasteiger partial charge in [-0.2, -0.15) is 0 Å². The van der Waals surface area contributed by atoms with Crippen LogP contribution in [0.4, 0.5) is 0 Å². The van der Waals surface area contributed by atoms with Crippen LogP contribution in [0.15, 0.2) is 0 Å². The van der Waals surface area contributed by atoms with Crippen LogP contribution in [0.5, 0.6) is 0 Å². The van der Waals surface area contributed by atoms with Gasteiger partial charge >= 0.3 is 7.60 Å². The van der Waals surface area contributed by atoms with E-state index in [0.29, 0.717) is 6.66 Å². The molecule has 0 saturated heterocycles. The Labute approximate surface area is 81.6 Å². The van der Waals surface area contributed by atoms with Crippen molar-refractivity contribution < 1.29 is 28.9 Å². The number of hydrogen-bond acceptors (Lipinski definition) is 4. The Morgan fingerprint density at radius 3 is 1.93 bits per heavy atom. The molecule has 6 N–H and O–H groups in total. The second kappa shape index (κ2) is 4.41. The zero-order chi connectivity index (χ0) is 11.6. The lowest BCUT2D eigenvalue weighted by Crippen LogP contribution is -2.29. The number of aliphatic hydroxyl groups is 1. The smallest absolute Gasteiger partial charge is 0.366 e. The summed E-state index contributed by atoms with van der Waals surface area (Å²) in [6.45, 7) is 0.783. The number of rotatable bonds is 5. The molecule has 0 aliphatic carbocycles. The molecular formula is C5H15NO6P2. The summed E-state index contributed by atoms with van der Waals surface area (Å²) in [6.07, 6.45) is -0.446. The van der Waals surface area contributed by atoms with Gasteiger partial charge in [0.1, 0.15) is 0 Å². The highest BCUT2D eigenvalue weighted by molar-refractivity contribution is 7.74. The molecule has 86 valence electrons. The molecule has 0 saturated carbocycles. The molecular weight excluding hydrogens is 232 g/mol. The van der Waals surface area contributed by atoms with Crippen LogP contribution in [0.3, 0.4) is 0 Å². The van der Waals surface area contributed by atoms with E-state index in [1.165, 1.54) is 0 Å². The van der Waals surface area contributed by atoms with Crippen molar-refractivity contribution in [2.24, 2.45) is 5.73 Å². The van der Waals surface area contributed by atoms with Gasteiger partial charge in [-0.15, -0.1) is 0 Å². The van der Waals surface area contributed by atoms with Crippen molar-refractivity contribution in [3.63, 3.8) is 0 Å². The van der Waals surface area contributed by atoms with Crippen molar-refractivity contribution in [3.8, 4) is 0 Å². The van der Waals surface area contributed by atoms with Crippen molar-refractivity contribution in [1.29, 1.82) is 0 Å². The highest BCUT2D eigenvalue weighted by Crippen LogP contribution is 2.69. The zero-order valence-corrected chi connectivity index (χ0v) is 9.49. The molecule has 0 fully saturated rings. The quantitative estimate of drug-likeness (QED) is 0.410. The van der Waals surface area contributed by atoms with Gasteiger partial charge in [0, 0.05) is 6.66 Å². The Morgan fingerprint density at radius 2 is 1.71 bits per heavy atom. The van der Waals surface area contributed by atoms with Crippen LogP contribution in [-0.2, 0) is 9.13 Å². The lowest BCUT2D eigenvalue weighted by atomic mass is 10.3. The van der Waals surface area contributed by atoms with Crippen LogP contribution in [0, 0.1) is 0 Å². The lowest BCUT2D eigenvalue weighted by molar-refractivity contribution is 0.140. The minimum absolute atomic E-state index is 0.0556. The molecule has 0 bridgehead atoms. The van der Waals surface area contributed by atoms with Crippen LogP contribution in [0.2, 0.25) is 0 Å². The standard InChI is InChI=1S/C5H15NO6P2/c1-13(8,9)5(7,3-2-4-6)14(10,11)12/h7H,2-4,6H2,1H3,(H,8,9)(H2,10,11,12). The summed E-state index contributed by atoms with van der Waals surface area (Å²) in [5.41, 5.74) is 5.09. The predicted octanol–water partition coefficient (Wildman–Crippen LogP) is -0.551. The van der Waals surface area contributed by atoms with Crippen LogP contribution >= 0.6 is 15.0 Å². The van der Waals surface area contributed by atoms with Crippen LogP contribution < -0.4 is 5.73 Å². The lowest BCUT2D eigenvalue weighted by Gasteiger charge is -2.30. The minimum Gasteiger partial charge on any atom is -0.369 e. The molecule has 2 atom stereocenters. The zero-order valence-electron chi connectivity index (χ0n) is 7.70. The highest BCUT2D eigenvalue weighted by Gasteiger charge is 2.55. The van der Waals surface area contributed by atoms with E-state index in [1.807, 2.05) is 0 Å². The first kappa shape index (κ1) is 14.3. The van der Waals surface area contributed by atoms with Gasteiger partial charge < -0.3 is 25.5 Å². The van der Waals surface area contributed by atoms with E-state index in [9.17, 15) is 14.2 Å². The summed E-state index contributed by atoms with van der Waals surface area (Å²) in [6, 6.07) is 0. The van der Waals surface area contributed by atoms with Crippen molar-refractivity contribution in [1.82, 2.24) is 0 Å². The molecule has 0 heterocycles. The number of hydrogen-bond donors (Lipinski definition) is 5. The second-order valence-electron chi connectivity index (χ2n) is 3.09. The predicted molar refractivity (Wildman–Crippen MR) is 51.0 cm³/mol. The summed E-state index contributed by atoms with van der Waals surface area (Å²) in [4.78, 5) is 26.6. The largest absolute Gasteiger partial charge is 0.369 e. The molecule has 0 aliphatic heterocycles. The molecule has 9 heteroatoms. The van der Waals surface area contributed by atoms with Gasteiger partial charge in [-0.1, -0.05) is 0 Å². The third-order valence-electron chi connectivity index (χ3n) is 1.85. The van der Waals surface area contributed by atoms with E-state index in [4.69, 9.17) is 20.4 Å². The third-order valence-corrected chi connectivity index (χ3v) is 6.45. The van der Waals surface area contributed by atoms with E-state index in [0.717, 1.165) is 0 Å². The summed E-state index contributed by atoms with van der Waals surface area (Å²) < 4.78 is 22.0. The van der Waals surface area contributed by atoms with Gasteiger partial charge in [0.15, 0.2) is 0 Å². The van der Waals surface area contributed by atoms with Crippen molar-refractivity contribution in [3.05, 3.63) is 0 Å². The normalized spacial score (nSPS) is 21.3. The first-order valence-corrected chi connectivity index (χ1v) is 7.56. The van der Waals surface area contributed by atoms with Gasteiger partial charge in [-0.3, -0.25) is 9.13 Å². The molecule has 14 heavy (non-hydrogen) atoms. The fraction of sp³-hybridized carbons (Fsp3) is 1.00.